The first-order valence-corrected chi connectivity index (χ1v) is 7.36. The zero-order chi connectivity index (χ0) is 7.82. The van der Waals surface area contributed by atoms with Crippen LogP contribution in [0.3, 0.4) is 0 Å². The van der Waals surface area contributed by atoms with Gasteiger partial charge in [-0.2, -0.15) is 0 Å². The van der Waals surface area contributed by atoms with E-state index in [4.69, 9.17) is 0 Å². The van der Waals surface area contributed by atoms with Crippen LogP contribution in [0.4, 0.5) is 0 Å². The highest BCUT2D eigenvalue weighted by Gasteiger charge is 1.92. The number of unbranched alkanes of at least 4 members (excludes halogenated alkanes) is 3. The largest absolute Gasteiger partial charge is 0.138 e. The normalized spacial score (nSPS) is 10.8. The molecule has 0 N–H and O–H groups in total. The summed E-state index contributed by atoms with van der Waals surface area (Å²) in [6.07, 6.45) is 8.51. The van der Waals surface area contributed by atoms with Crippen LogP contribution in [0.15, 0.2) is 0 Å². The van der Waals surface area contributed by atoms with Crippen LogP contribution >= 0.6 is 17.2 Å². The van der Waals surface area contributed by atoms with Crippen molar-refractivity contribution in [2.24, 2.45) is 0 Å². The van der Waals surface area contributed by atoms with Crippen LogP contribution in [-0.2, 0) is 0 Å². The van der Waals surface area contributed by atoms with E-state index in [0.717, 1.165) is 0 Å². The Morgan fingerprint density at radius 3 is 2.10 bits per heavy atom. The number of hydrogen-bond donors (Lipinski definition) is 0. The summed E-state index contributed by atoms with van der Waals surface area (Å²) < 4.78 is 0. The monoisotopic (exact) mass is 178 g/mol. The Morgan fingerprint density at radius 1 is 1.00 bits per heavy atom. The molecule has 0 aliphatic heterocycles. The molecule has 1 atom stereocenters. The molecule has 0 aromatic heterocycles. The molecular weight excluding hydrogens is 158 g/mol. The summed E-state index contributed by atoms with van der Waals surface area (Å²) >= 11 is 0. The van der Waals surface area contributed by atoms with Gasteiger partial charge in [0.25, 0.3) is 0 Å². The van der Waals surface area contributed by atoms with Gasteiger partial charge in [-0.25, -0.2) is 0 Å². The molecule has 0 fully saturated rings. The summed E-state index contributed by atoms with van der Waals surface area (Å²) in [6.45, 7) is 4.73. The third-order valence-corrected chi connectivity index (χ3v) is 3.18. The quantitative estimate of drug-likeness (QED) is 0.433. The highest BCUT2D eigenvalue weighted by Crippen LogP contribution is 2.25. The van der Waals surface area contributed by atoms with Gasteiger partial charge in [0.15, 0.2) is 0 Å². The molecule has 0 aromatic carbocycles. The van der Waals surface area contributed by atoms with Crippen molar-refractivity contribution in [3.8, 4) is 0 Å². The second kappa shape index (κ2) is 7.96. The van der Waals surface area contributed by atoms with Gasteiger partial charge in [-0.1, -0.05) is 12.8 Å². The van der Waals surface area contributed by atoms with Gasteiger partial charge >= 0.3 is 0 Å². The van der Waals surface area contributed by atoms with Crippen LogP contribution in [0, 0.1) is 0 Å². The van der Waals surface area contributed by atoms with Gasteiger partial charge in [-0.15, -0.1) is 17.2 Å². The SMILES string of the molecule is CP(C)CCCCCCP. The highest BCUT2D eigenvalue weighted by atomic mass is 31.1. The third-order valence-electron chi connectivity index (χ3n) is 1.56. The third kappa shape index (κ3) is 8.86. The Balaban J connectivity index is 2.77. The van der Waals surface area contributed by atoms with E-state index in [1.807, 2.05) is 0 Å². The lowest BCUT2D eigenvalue weighted by atomic mass is 10.2. The van der Waals surface area contributed by atoms with Gasteiger partial charge in [0.1, 0.15) is 0 Å². The fraction of sp³-hybridized carbons (Fsp3) is 1.00. The van der Waals surface area contributed by atoms with E-state index < -0.39 is 0 Å². The van der Waals surface area contributed by atoms with Gasteiger partial charge in [-0.05, 0) is 38.5 Å². The first-order chi connectivity index (χ1) is 4.77. The van der Waals surface area contributed by atoms with E-state index in [1.165, 1.54) is 38.0 Å². The van der Waals surface area contributed by atoms with Crippen molar-refractivity contribution < 1.29 is 0 Å². The summed E-state index contributed by atoms with van der Waals surface area (Å²) in [4.78, 5) is 0. The summed E-state index contributed by atoms with van der Waals surface area (Å²) in [6, 6.07) is 0. The van der Waals surface area contributed by atoms with Crippen LogP contribution in [0.25, 0.3) is 0 Å². The van der Waals surface area contributed by atoms with E-state index in [1.54, 1.807) is 0 Å². The van der Waals surface area contributed by atoms with E-state index >= 15 is 0 Å². The lowest BCUT2D eigenvalue weighted by Gasteiger charge is -2.03. The summed E-state index contributed by atoms with van der Waals surface area (Å²) in [5.41, 5.74) is 0. The second-order valence-electron chi connectivity index (χ2n) is 3.01. The molecule has 62 valence electrons. The van der Waals surface area contributed by atoms with Crippen LogP contribution in [0.5, 0.6) is 0 Å². The maximum absolute atomic E-state index is 2.79. The first-order valence-electron chi connectivity index (χ1n) is 4.12. The number of rotatable bonds is 6. The first kappa shape index (κ1) is 10.9. The van der Waals surface area contributed by atoms with Crippen LogP contribution < -0.4 is 0 Å². The molecule has 2 heteroatoms. The molecule has 10 heavy (non-hydrogen) atoms. The predicted octanol–water partition coefficient (Wildman–Crippen LogP) is 3.16. The molecular formula is C8H20P2. The fourth-order valence-corrected chi connectivity index (χ4v) is 2.07. The van der Waals surface area contributed by atoms with Gasteiger partial charge in [-0.3, -0.25) is 0 Å². The van der Waals surface area contributed by atoms with E-state index in [-0.39, 0.29) is 0 Å². The molecule has 1 unspecified atom stereocenters. The van der Waals surface area contributed by atoms with Crippen LogP contribution in [-0.4, -0.2) is 25.7 Å². The van der Waals surface area contributed by atoms with Crippen molar-refractivity contribution >= 4 is 17.2 Å². The van der Waals surface area contributed by atoms with Gasteiger partial charge in [0.05, 0.1) is 0 Å². The summed E-state index contributed by atoms with van der Waals surface area (Å²) in [5, 5.41) is 0. The average Bonchev–Trinajstić information content (AvgIpc) is 1.87. The van der Waals surface area contributed by atoms with Crippen molar-refractivity contribution in [2.45, 2.75) is 25.7 Å². The zero-order valence-electron chi connectivity index (χ0n) is 7.27. The fourth-order valence-electron chi connectivity index (χ4n) is 0.926. The molecule has 0 aliphatic rings. The molecule has 0 nitrogen and oxygen atoms in total. The maximum Gasteiger partial charge on any atom is -0.0331 e. The van der Waals surface area contributed by atoms with E-state index in [9.17, 15) is 0 Å². The Morgan fingerprint density at radius 2 is 1.60 bits per heavy atom. The topological polar surface area (TPSA) is 0 Å². The molecule has 0 spiro atoms. The lowest BCUT2D eigenvalue weighted by Crippen LogP contribution is -1.83. The Labute approximate surface area is 69.1 Å². The van der Waals surface area contributed by atoms with E-state index in [2.05, 4.69) is 22.6 Å². The van der Waals surface area contributed by atoms with Crippen molar-refractivity contribution in [3.05, 3.63) is 0 Å². The highest BCUT2D eigenvalue weighted by molar-refractivity contribution is 7.55. The van der Waals surface area contributed by atoms with Crippen LogP contribution in [0.2, 0.25) is 0 Å². The van der Waals surface area contributed by atoms with Crippen molar-refractivity contribution in [2.75, 3.05) is 25.7 Å². The molecule has 0 amide bonds. The molecule has 0 saturated carbocycles. The molecule has 0 aliphatic carbocycles. The minimum absolute atomic E-state index is 0.373. The standard InChI is InChI=1S/C8H20P2/c1-10(2)8-6-4-3-5-7-9/h3-9H2,1-2H3. The molecule has 0 aromatic rings. The molecule has 0 bridgehead atoms. The van der Waals surface area contributed by atoms with Crippen molar-refractivity contribution in [3.63, 3.8) is 0 Å². The summed E-state index contributed by atoms with van der Waals surface area (Å²) in [7, 11) is 3.16. The Kier molecular flexibility index (Phi) is 8.65. The maximum atomic E-state index is 2.79. The summed E-state index contributed by atoms with van der Waals surface area (Å²) in [5.74, 6) is 0. The van der Waals surface area contributed by atoms with Crippen molar-refractivity contribution in [1.82, 2.24) is 0 Å². The van der Waals surface area contributed by atoms with Gasteiger partial charge < -0.3 is 0 Å². The molecule has 0 heterocycles. The second-order valence-corrected chi connectivity index (χ2v) is 6.19. The van der Waals surface area contributed by atoms with E-state index in [0.29, 0.717) is 7.92 Å². The van der Waals surface area contributed by atoms with Crippen molar-refractivity contribution in [1.29, 1.82) is 0 Å². The number of hydrogen-bond acceptors (Lipinski definition) is 0. The zero-order valence-corrected chi connectivity index (χ0v) is 9.32. The predicted molar refractivity (Wildman–Crippen MR) is 56.7 cm³/mol. The Hall–Kier alpha value is 0.860. The van der Waals surface area contributed by atoms with Gasteiger partial charge in [0.2, 0.25) is 0 Å². The lowest BCUT2D eigenvalue weighted by molar-refractivity contribution is 0.710. The van der Waals surface area contributed by atoms with Crippen LogP contribution in [0.1, 0.15) is 25.7 Å². The average molecular weight is 178 g/mol. The minimum atomic E-state index is 0.373. The smallest absolute Gasteiger partial charge is 0.0331 e. The molecule has 0 rings (SSSR count). The molecule has 0 radical (unpaired) electrons. The van der Waals surface area contributed by atoms with Gasteiger partial charge in [0, 0.05) is 0 Å². The minimum Gasteiger partial charge on any atom is -0.138 e. The molecule has 0 saturated heterocycles. The Bertz CT molecular complexity index is 62.3.